The summed E-state index contributed by atoms with van der Waals surface area (Å²) in [5.74, 6) is 0. The molecular formula is C49H94BrN2O10P. The van der Waals surface area contributed by atoms with Crippen LogP contribution in [0.3, 0.4) is 0 Å². The number of phosphoric acid groups is 1. The predicted octanol–water partition coefficient (Wildman–Crippen LogP) is 14.2. The minimum absolute atomic E-state index is 0.0686. The lowest BCUT2D eigenvalue weighted by atomic mass is 9.92. The van der Waals surface area contributed by atoms with Gasteiger partial charge in [0.25, 0.3) is 0 Å². The molecule has 2 amide bonds. The van der Waals surface area contributed by atoms with E-state index in [1.165, 1.54) is 154 Å². The number of hydrogen-bond acceptors (Lipinski definition) is 9. The maximum Gasteiger partial charge on any atom is 0.472 e. The van der Waals surface area contributed by atoms with Gasteiger partial charge in [-0.25, -0.2) is 14.2 Å². The van der Waals surface area contributed by atoms with E-state index in [-0.39, 0.29) is 6.61 Å². The van der Waals surface area contributed by atoms with Gasteiger partial charge in [0.1, 0.15) is 30.5 Å². The smallest absolute Gasteiger partial charge is 0.443 e. The number of alkyl halides is 1. The Bertz CT molecular complexity index is 1070. The SMILES string of the molecule is CCCCCCCCCCCCCCCCCNC(=O)O[C@@H]1CCCO[C@H]1C(OP(=O)(O)OCCBr)[C@@H]1OCCC[C@H]1OC(=O)NCCCCCCCCCCCCCCCCC. The second-order valence-electron chi connectivity index (χ2n) is 18.2. The molecular weight excluding hydrogens is 887 g/mol. The van der Waals surface area contributed by atoms with Gasteiger partial charge < -0.3 is 34.5 Å². The number of carbonyl (C=O) groups is 2. The zero-order valence-electron chi connectivity index (χ0n) is 40.1. The van der Waals surface area contributed by atoms with Crippen LogP contribution in [0.5, 0.6) is 0 Å². The Labute approximate surface area is 393 Å². The number of hydrogen-bond donors (Lipinski definition) is 3. The third-order valence-electron chi connectivity index (χ3n) is 12.5. The predicted molar refractivity (Wildman–Crippen MR) is 259 cm³/mol. The Hall–Kier alpha value is -0.950. The lowest BCUT2D eigenvalue weighted by molar-refractivity contribution is -0.190. The van der Waals surface area contributed by atoms with Crippen molar-refractivity contribution in [2.45, 2.75) is 263 Å². The first kappa shape index (κ1) is 58.2. The summed E-state index contributed by atoms with van der Waals surface area (Å²) in [4.78, 5) is 36.9. The number of ether oxygens (including phenoxy) is 4. The summed E-state index contributed by atoms with van der Waals surface area (Å²) in [6.45, 7) is 6.13. The molecule has 2 aliphatic rings. The molecule has 2 rings (SSSR count). The van der Waals surface area contributed by atoms with Crippen LogP contribution < -0.4 is 10.6 Å². The summed E-state index contributed by atoms with van der Waals surface area (Å²) in [5, 5.41) is 6.08. The molecule has 0 saturated carbocycles. The molecule has 0 spiro atoms. The van der Waals surface area contributed by atoms with Crippen LogP contribution in [0, 0.1) is 0 Å². The van der Waals surface area contributed by atoms with Gasteiger partial charge in [0.15, 0.2) is 0 Å². The van der Waals surface area contributed by atoms with Crippen LogP contribution in [0.15, 0.2) is 0 Å². The molecule has 2 fully saturated rings. The number of rotatable bonds is 41. The highest BCUT2D eigenvalue weighted by atomic mass is 79.9. The molecule has 14 heteroatoms. The second kappa shape index (κ2) is 40.1. The number of nitrogens with one attached hydrogen (secondary N) is 2. The Kier molecular flexibility index (Phi) is 37.1. The summed E-state index contributed by atoms with van der Waals surface area (Å²) in [6, 6.07) is 0. The normalized spacial score (nSPS) is 20.1. The zero-order chi connectivity index (χ0) is 45.5. The quantitative estimate of drug-likeness (QED) is 0.0307. The van der Waals surface area contributed by atoms with Crippen LogP contribution in [0.1, 0.15) is 232 Å². The van der Waals surface area contributed by atoms with Gasteiger partial charge in [-0.1, -0.05) is 210 Å². The van der Waals surface area contributed by atoms with E-state index >= 15 is 0 Å². The molecule has 0 aromatic heterocycles. The third-order valence-corrected chi connectivity index (χ3v) is 13.8. The molecule has 2 heterocycles. The fraction of sp³-hybridized carbons (Fsp3) is 0.959. The molecule has 63 heavy (non-hydrogen) atoms. The maximum atomic E-state index is 13.2. The van der Waals surface area contributed by atoms with Crippen molar-refractivity contribution in [3.63, 3.8) is 0 Å². The highest BCUT2D eigenvalue weighted by molar-refractivity contribution is 9.09. The van der Waals surface area contributed by atoms with Crippen molar-refractivity contribution in [2.75, 3.05) is 38.2 Å². The van der Waals surface area contributed by atoms with E-state index in [1.807, 2.05) is 0 Å². The van der Waals surface area contributed by atoms with Gasteiger partial charge >= 0.3 is 20.0 Å². The highest BCUT2D eigenvalue weighted by Crippen LogP contribution is 2.47. The standard InChI is InChI=1S/C49H94BrN2O10P/c1-3-5-7-9-11-13-15-17-19-21-23-25-27-29-31-38-51-48(53)60-43-35-33-40-57-45(43)47(62-63(55,56)59-42-37-50)46-44(36-34-41-58-46)61-49(54)52-39-32-30-28-26-24-22-20-18-16-14-12-10-8-6-4-2/h43-47H,3-42H2,1-2H3,(H,51,53)(H,52,54)(H,55,56)/t43-,44-,45-,46-/m1/s1. The minimum atomic E-state index is -4.62. The molecule has 1 unspecified atom stereocenters. The van der Waals surface area contributed by atoms with Crippen LogP contribution >= 0.6 is 23.8 Å². The zero-order valence-corrected chi connectivity index (χ0v) is 42.6. The molecule has 0 radical (unpaired) electrons. The second-order valence-corrected chi connectivity index (χ2v) is 20.4. The van der Waals surface area contributed by atoms with Gasteiger partial charge in [0.05, 0.1) is 6.61 Å². The van der Waals surface area contributed by atoms with E-state index in [4.69, 9.17) is 28.0 Å². The van der Waals surface area contributed by atoms with Crippen LogP contribution in [-0.2, 0) is 32.6 Å². The first-order chi connectivity index (χ1) is 30.8. The first-order valence-corrected chi connectivity index (χ1v) is 28.8. The molecule has 0 bridgehead atoms. The van der Waals surface area contributed by atoms with E-state index in [0.29, 0.717) is 57.3 Å². The number of amides is 2. The van der Waals surface area contributed by atoms with Crippen LogP contribution in [0.2, 0.25) is 0 Å². The molecule has 2 aliphatic heterocycles. The summed E-state index contributed by atoms with van der Waals surface area (Å²) < 4.78 is 48.3. The summed E-state index contributed by atoms with van der Waals surface area (Å²) in [6.07, 6.45) is 34.5. The van der Waals surface area contributed by atoms with E-state index in [0.717, 1.165) is 38.5 Å². The van der Waals surface area contributed by atoms with Crippen molar-refractivity contribution in [3.8, 4) is 0 Å². The van der Waals surface area contributed by atoms with Crippen molar-refractivity contribution in [1.82, 2.24) is 10.6 Å². The van der Waals surface area contributed by atoms with Crippen LogP contribution in [0.4, 0.5) is 9.59 Å². The van der Waals surface area contributed by atoms with Crippen molar-refractivity contribution < 1.29 is 47.0 Å². The Morgan fingerprint density at radius 1 is 0.571 bits per heavy atom. The van der Waals surface area contributed by atoms with Gasteiger partial charge in [-0.05, 0) is 38.5 Å². The molecule has 0 aliphatic carbocycles. The number of halogens is 1. The Morgan fingerprint density at radius 2 is 0.889 bits per heavy atom. The molecule has 372 valence electrons. The molecule has 2 saturated heterocycles. The lowest BCUT2D eigenvalue weighted by Crippen LogP contribution is -2.57. The largest absolute Gasteiger partial charge is 0.472 e. The summed E-state index contributed by atoms with van der Waals surface area (Å²) in [7, 11) is -4.62. The number of alkyl carbamates (subject to hydrolysis) is 2. The molecule has 3 N–H and O–H groups in total. The summed E-state index contributed by atoms with van der Waals surface area (Å²) in [5.41, 5.74) is 0. The topological polar surface area (TPSA) is 151 Å². The number of unbranched alkanes of at least 4 members (excludes halogenated alkanes) is 28. The van der Waals surface area contributed by atoms with E-state index in [2.05, 4.69) is 40.4 Å². The van der Waals surface area contributed by atoms with Gasteiger partial charge in [0, 0.05) is 31.6 Å². The fourth-order valence-corrected chi connectivity index (χ4v) is 10.1. The van der Waals surface area contributed by atoms with Crippen LogP contribution in [-0.4, -0.2) is 85.8 Å². The Morgan fingerprint density at radius 3 is 1.21 bits per heavy atom. The molecule has 0 aromatic rings. The van der Waals surface area contributed by atoms with Gasteiger partial charge in [-0.2, -0.15) is 0 Å². The molecule has 5 atom stereocenters. The fourth-order valence-electron chi connectivity index (χ4n) is 8.79. The van der Waals surface area contributed by atoms with Gasteiger partial charge in [-0.15, -0.1) is 0 Å². The monoisotopic (exact) mass is 981 g/mol. The van der Waals surface area contributed by atoms with Crippen molar-refractivity contribution in [1.29, 1.82) is 0 Å². The number of carbonyl (C=O) groups excluding carboxylic acids is 2. The Balaban J connectivity index is 1.76. The average molecular weight is 982 g/mol. The highest BCUT2D eigenvalue weighted by Gasteiger charge is 2.49. The number of phosphoric ester groups is 1. The minimum Gasteiger partial charge on any atom is -0.443 e. The van der Waals surface area contributed by atoms with E-state index in [9.17, 15) is 19.0 Å². The van der Waals surface area contributed by atoms with Crippen molar-refractivity contribution in [2.24, 2.45) is 0 Å². The average Bonchev–Trinajstić information content (AvgIpc) is 3.27. The van der Waals surface area contributed by atoms with Gasteiger partial charge in [0.2, 0.25) is 0 Å². The first-order valence-electron chi connectivity index (χ1n) is 26.1. The van der Waals surface area contributed by atoms with Crippen molar-refractivity contribution in [3.05, 3.63) is 0 Å². The molecule has 12 nitrogen and oxygen atoms in total. The van der Waals surface area contributed by atoms with E-state index < -0.39 is 50.5 Å². The van der Waals surface area contributed by atoms with Gasteiger partial charge in [-0.3, -0.25) is 9.05 Å². The lowest BCUT2D eigenvalue weighted by Gasteiger charge is -2.42. The van der Waals surface area contributed by atoms with E-state index in [1.54, 1.807) is 0 Å². The summed E-state index contributed by atoms with van der Waals surface area (Å²) >= 11 is 3.22. The maximum absolute atomic E-state index is 13.2. The van der Waals surface area contributed by atoms with Crippen molar-refractivity contribution >= 4 is 35.9 Å². The molecule has 0 aromatic carbocycles. The third kappa shape index (κ3) is 30.9. The van der Waals surface area contributed by atoms with Crippen LogP contribution in [0.25, 0.3) is 0 Å².